The number of nitrogens with two attached hydrogens (primary N) is 1. The van der Waals surface area contributed by atoms with E-state index in [0.717, 1.165) is 24.2 Å². The first-order valence-corrected chi connectivity index (χ1v) is 14.1. The lowest BCUT2D eigenvalue weighted by atomic mass is 10.2. The second kappa shape index (κ2) is 10.3. The Kier molecular flexibility index (Phi) is 6.86. The van der Waals surface area contributed by atoms with Crippen LogP contribution in [0.5, 0.6) is 0 Å². The van der Waals surface area contributed by atoms with E-state index in [1.807, 2.05) is 12.1 Å². The van der Waals surface area contributed by atoms with Crippen LogP contribution < -0.4 is 19.9 Å². The van der Waals surface area contributed by atoms with Crippen LogP contribution in [0.1, 0.15) is 18.6 Å². The van der Waals surface area contributed by atoms with E-state index in [1.165, 1.54) is 16.7 Å². The number of primary sulfonamides is 1. The molecule has 4 aromatic rings. The van der Waals surface area contributed by atoms with Gasteiger partial charge >= 0.3 is 0 Å². The number of aromatic nitrogens is 1. The molecule has 1 aliphatic heterocycles. The topological polar surface area (TPSA) is 139 Å². The fraction of sp³-hybridized carbons (Fsp3) is 0.148. The number of nitriles is 1. The third-order valence-electron chi connectivity index (χ3n) is 6.14. The van der Waals surface area contributed by atoms with Crippen molar-refractivity contribution in [1.82, 2.24) is 9.47 Å². The highest BCUT2D eigenvalue weighted by Crippen LogP contribution is 2.24. The molecule has 0 atom stereocenters. The predicted molar refractivity (Wildman–Crippen MR) is 143 cm³/mol. The highest BCUT2D eigenvalue weighted by molar-refractivity contribution is 7.89. The number of amides is 1. The van der Waals surface area contributed by atoms with Crippen LogP contribution >= 0.6 is 11.3 Å². The molecule has 192 valence electrons. The number of benzene rings is 2. The summed E-state index contributed by atoms with van der Waals surface area (Å²) < 4.78 is 30.9. The lowest BCUT2D eigenvalue weighted by Crippen LogP contribution is -2.35. The number of furan rings is 1. The average Bonchev–Trinajstić information content (AvgIpc) is 3.67. The van der Waals surface area contributed by atoms with Crippen molar-refractivity contribution >= 4 is 38.9 Å². The van der Waals surface area contributed by atoms with E-state index in [1.54, 1.807) is 59.5 Å². The van der Waals surface area contributed by atoms with Gasteiger partial charge in [0.1, 0.15) is 22.3 Å². The summed E-state index contributed by atoms with van der Waals surface area (Å²) in [5.41, 5.74) is 0.712. The maximum absolute atomic E-state index is 13.6. The molecule has 0 aliphatic carbocycles. The van der Waals surface area contributed by atoms with Gasteiger partial charge in [-0.15, -0.1) is 11.3 Å². The van der Waals surface area contributed by atoms with Gasteiger partial charge in [-0.3, -0.25) is 14.2 Å². The molecule has 11 heteroatoms. The first-order chi connectivity index (χ1) is 18.3. The predicted octanol–water partition coefficient (Wildman–Crippen LogP) is 1.93. The molecular formula is C27H22N4O5S2. The average molecular weight is 547 g/mol. The Morgan fingerprint density at radius 3 is 2.34 bits per heavy atom. The summed E-state index contributed by atoms with van der Waals surface area (Å²) >= 11 is 1.05. The molecule has 2 aromatic heterocycles. The molecule has 5 rings (SSSR count). The summed E-state index contributed by atoms with van der Waals surface area (Å²) in [6.45, 7) is 1.16. The van der Waals surface area contributed by atoms with Gasteiger partial charge in [-0.25, -0.2) is 13.6 Å². The van der Waals surface area contributed by atoms with Gasteiger partial charge in [0.25, 0.3) is 11.5 Å². The highest BCUT2D eigenvalue weighted by Gasteiger charge is 2.24. The third kappa shape index (κ3) is 4.97. The Morgan fingerprint density at radius 1 is 1.03 bits per heavy atom. The number of carbonyl (C=O) groups excluding carboxylic acids is 1. The number of hydrogen-bond donors (Lipinski definition) is 1. The van der Waals surface area contributed by atoms with Crippen LogP contribution in [-0.4, -0.2) is 36.9 Å². The van der Waals surface area contributed by atoms with Gasteiger partial charge in [0.2, 0.25) is 10.0 Å². The van der Waals surface area contributed by atoms with Crippen molar-refractivity contribution in [3.8, 4) is 23.1 Å². The number of sulfonamides is 1. The van der Waals surface area contributed by atoms with E-state index >= 15 is 0 Å². The number of rotatable bonds is 5. The van der Waals surface area contributed by atoms with E-state index < -0.39 is 10.0 Å². The molecule has 2 N–H and O–H groups in total. The maximum Gasteiger partial charge on any atom is 0.273 e. The summed E-state index contributed by atoms with van der Waals surface area (Å²) in [5, 5.41) is 15.1. The van der Waals surface area contributed by atoms with Crippen molar-refractivity contribution in [2.24, 2.45) is 5.14 Å². The van der Waals surface area contributed by atoms with Gasteiger partial charge in [-0.05, 0) is 61.4 Å². The summed E-state index contributed by atoms with van der Waals surface area (Å²) in [7, 11) is -3.81. The van der Waals surface area contributed by atoms with Gasteiger partial charge in [0, 0.05) is 24.7 Å². The van der Waals surface area contributed by atoms with Gasteiger partial charge in [0.15, 0.2) is 5.57 Å². The molecule has 1 fully saturated rings. The number of nitrogens with zero attached hydrogens (tertiary/aromatic N) is 3. The van der Waals surface area contributed by atoms with Gasteiger partial charge in [-0.2, -0.15) is 5.26 Å². The molecule has 0 saturated carbocycles. The van der Waals surface area contributed by atoms with Crippen LogP contribution in [-0.2, 0) is 14.8 Å². The van der Waals surface area contributed by atoms with Crippen molar-refractivity contribution in [2.45, 2.75) is 17.7 Å². The van der Waals surface area contributed by atoms with Crippen LogP contribution in [0, 0.1) is 11.3 Å². The van der Waals surface area contributed by atoms with Crippen LogP contribution in [0.25, 0.3) is 28.7 Å². The fourth-order valence-corrected chi connectivity index (χ4v) is 5.84. The van der Waals surface area contributed by atoms with Crippen LogP contribution in [0.4, 0.5) is 0 Å². The molecule has 9 nitrogen and oxygen atoms in total. The van der Waals surface area contributed by atoms with E-state index in [0.29, 0.717) is 35.9 Å². The SMILES string of the molecule is N#C/C(C(=O)N1CCCC1)=c1/s/c(=C/c2ccc(-c3ccc(S(N)(=O)=O)cc3)o2)c(=O)n1-c1ccccc1. The van der Waals surface area contributed by atoms with Gasteiger partial charge in [0.05, 0.1) is 15.1 Å². The molecule has 1 saturated heterocycles. The Bertz CT molecular complexity index is 1840. The Hall–Kier alpha value is -4.24. The summed E-state index contributed by atoms with van der Waals surface area (Å²) in [6, 6.07) is 20.2. The molecule has 0 radical (unpaired) electrons. The highest BCUT2D eigenvalue weighted by atomic mass is 32.2. The molecule has 3 heterocycles. The molecular weight excluding hydrogens is 524 g/mol. The lowest BCUT2D eigenvalue weighted by molar-refractivity contribution is -0.123. The second-order valence-electron chi connectivity index (χ2n) is 8.65. The Balaban J connectivity index is 1.63. The van der Waals surface area contributed by atoms with E-state index in [4.69, 9.17) is 9.56 Å². The minimum absolute atomic E-state index is 0.0137. The lowest BCUT2D eigenvalue weighted by Gasteiger charge is -2.14. The third-order valence-corrected chi connectivity index (χ3v) is 8.16. The van der Waals surface area contributed by atoms with Crippen molar-refractivity contribution in [1.29, 1.82) is 5.26 Å². The zero-order valence-electron chi connectivity index (χ0n) is 20.0. The summed E-state index contributed by atoms with van der Waals surface area (Å²) in [4.78, 5) is 28.3. The molecule has 1 aliphatic rings. The molecule has 1 amide bonds. The van der Waals surface area contributed by atoms with Crippen LogP contribution in [0.3, 0.4) is 0 Å². The minimum atomic E-state index is -3.81. The number of thiazole rings is 1. The maximum atomic E-state index is 13.6. The molecule has 0 unspecified atom stereocenters. The number of para-hydroxylation sites is 1. The van der Waals surface area contributed by atoms with Crippen molar-refractivity contribution in [3.05, 3.63) is 92.0 Å². The number of hydrogen-bond acceptors (Lipinski definition) is 7. The normalized spacial score (nSPS) is 14.9. The summed E-state index contributed by atoms with van der Waals surface area (Å²) in [6.07, 6.45) is 3.32. The first kappa shape index (κ1) is 25.4. The zero-order valence-corrected chi connectivity index (χ0v) is 21.7. The zero-order chi connectivity index (χ0) is 26.9. The fourth-order valence-electron chi connectivity index (χ4n) is 4.25. The van der Waals surface area contributed by atoms with Crippen molar-refractivity contribution in [2.75, 3.05) is 13.1 Å². The van der Waals surface area contributed by atoms with E-state index in [2.05, 4.69) is 0 Å². The largest absolute Gasteiger partial charge is 0.457 e. The minimum Gasteiger partial charge on any atom is -0.457 e. The van der Waals surface area contributed by atoms with Crippen molar-refractivity contribution < 1.29 is 17.6 Å². The van der Waals surface area contributed by atoms with Crippen LogP contribution in [0.15, 0.2) is 80.8 Å². The monoisotopic (exact) mass is 546 g/mol. The summed E-state index contributed by atoms with van der Waals surface area (Å²) in [5.74, 6) is 0.460. The first-order valence-electron chi connectivity index (χ1n) is 11.7. The second-order valence-corrected chi connectivity index (χ2v) is 11.2. The standard InChI is InChI=1S/C27H22N4O5S2/c28-17-22(25(32)30-14-4-5-15-30)27-31(19-6-2-1-3-7-19)26(33)24(37-27)16-20-10-13-23(36-20)18-8-11-21(12-9-18)38(29,34)35/h1-3,6-13,16H,4-5,14-15H2,(H2,29,34,35)/b24-16+,27-22-. The smallest absolute Gasteiger partial charge is 0.273 e. The van der Waals surface area contributed by atoms with Gasteiger partial charge < -0.3 is 9.32 Å². The molecule has 0 spiro atoms. The number of likely N-dealkylation sites (tertiary alicyclic amines) is 1. The number of carbonyl (C=O) groups is 1. The van der Waals surface area contributed by atoms with E-state index in [9.17, 15) is 23.3 Å². The van der Waals surface area contributed by atoms with Crippen molar-refractivity contribution in [3.63, 3.8) is 0 Å². The Morgan fingerprint density at radius 2 is 1.71 bits per heavy atom. The Labute approximate surface area is 222 Å². The van der Waals surface area contributed by atoms with E-state index in [-0.39, 0.29) is 31.1 Å². The molecule has 2 aromatic carbocycles. The molecule has 0 bridgehead atoms. The quantitative estimate of drug-likeness (QED) is 0.406. The van der Waals surface area contributed by atoms with Crippen LogP contribution in [0.2, 0.25) is 0 Å². The van der Waals surface area contributed by atoms with Gasteiger partial charge in [-0.1, -0.05) is 18.2 Å². The molecule has 38 heavy (non-hydrogen) atoms.